The third-order valence-electron chi connectivity index (χ3n) is 5.69. The Labute approximate surface area is 126 Å². The van der Waals surface area contributed by atoms with E-state index in [9.17, 15) is 5.11 Å². The van der Waals surface area contributed by atoms with Gasteiger partial charge in [-0.2, -0.15) is 0 Å². The van der Waals surface area contributed by atoms with Gasteiger partial charge in [0.25, 0.3) is 0 Å². The maximum absolute atomic E-state index is 10.8. The minimum absolute atomic E-state index is 0.289. The molecule has 2 fully saturated rings. The highest BCUT2D eigenvalue weighted by molar-refractivity contribution is 5.37. The Kier molecular flexibility index (Phi) is 3.43. The van der Waals surface area contributed by atoms with Gasteiger partial charge >= 0.3 is 0 Å². The number of hydrogen-bond acceptors (Lipinski definition) is 3. The highest BCUT2D eigenvalue weighted by atomic mass is 16.5. The highest BCUT2D eigenvalue weighted by Gasteiger charge is 2.43. The van der Waals surface area contributed by atoms with Gasteiger partial charge in [-0.05, 0) is 30.9 Å². The Bertz CT molecular complexity index is 493. The van der Waals surface area contributed by atoms with E-state index in [1.165, 1.54) is 24.8 Å². The molecule has 0 spiro atoms. The summed E-state index contributed by atoms with van der Waals surface area (Å²) in [5, 5.41) is 10.8. The smallest absolute Gasteiger partial charge is 0.123 e. The molecule has 1 aromatic carbocycles. The van der Waals surface area contributed by atoms with Crippen molar-refractivity contribution in [2.24, 2.45) is 5.92 Å². The summed E-state index contributed by atoms with van der Waals surface area (Å²) in [5.74, 6) is 1.54. The predicted molar refractivity (Wildman–Crippen MR) is 82.5 cm³/mol. The van der Waals surface area contributed by atoms with Gasteiger partial charge in [-0.3, -0.25) is 4.90 Å². The molecule has 21 heavy (non-hydrogen) atoms. The third kappa shape index (κ3) is 2.58. The third-order valence-corrected chi connectivity index (χ3v) is 5.69. The predicted octanol–water partition coefficient (Wildman–Crippen LogP) is 2.62. The van der Waals surface area contributed by atoms with Crippen LogP contribution in [0.3, 0.4) is 0 Å². The first-order valence-electron chi connectivity index (χ1n) is 8.42. The Morgan fingerprint density at radius 3 is 3.05 bits per heavy atom. The van der Waals surface area contributed by atoms with E-state index in [0.29, 0.717) is 5.92 Å². The zero-order chi connectivity index (χ0) is 14.3. The molecule has 3 nitrogen and oxygen atoms in total. The molecule has 1 saturated carbocycles. The number of piperidine rings is 1. The van der Waals surface area contributed by atoms with E-state index in [-0.39, 0.29) is 11.7 Å². The van der Waals surface area contributed by atoms with Crippen LogP contribution in [-0.2, 0) is 6.42 Å². The zero-order valence-electron chi connectivity index (χ0n) is 12.6. The molecule has 0 radical (unpaired) electrons. The largest absolute Gasteiger partial charge is 0.488 e. The van der Waals surface area contributed by atoms with Crippen molar-refractivity contribution in [3.63, 3.8) is 0 Å². The van der Waals surface area contributed by atoms with Crippen LogP contribution in [0.2, 0.25) is 0 Å². The molecular formula is C18H25NO2. The second-order valence-corrected chi connectivity index (χ2v) is 7.11. The van der Waals surface area contributed by atoms with Crippen LogP contribution in [0.4, 0.5) is 0 Å². The van der Waals surface area contributed by atoms with Crippen LogP contribution < -0.4 is 4.74 Å². The van der Waals surface area contributed by atoms with Gasteiger partial charge < -0.3 is 9.84 Å². The van der Waals surface area contributed by atoms with Crippen LogP contribution in [0.25, 0.3) is 0 Å². The molecule has 3 unspecified atom stereocenters. The van der Waals surface area contributed by atoms with Crippen molar-refractivity contribution in [2.45, 2.75) is 50.2 Å². The molecule has 114 valence electrons. The van der Waals surface area contributed by atoms with Crippen molar-refractivity contribution in [1.29, 1.82) is 0 Å². The van der Waals surface area contributed by atoms with E-state index in [1.54, 1.807) is 0 Å². The fourth-order valence-corrected chi connectivity index (χ4v) is 4.45. The Morgan fingerprint density at radius 2 is 2.14 bits per heavy atom. The van der Waals surface area contributed by atoms with E-state index in [1.807, 2.05) is 6.07 Å². The molecule has 0 aromatic heterocycles. The summed E-state index contributed by atoms with van der Waals surface area (Å²) in [6.07, 6.45) is 6.95. The lowest BCUT2D eigenvalue weighted by Gasteiger charge is -2.47. The lowest BCUT2D eigenvalue weighted by Crippen LogP contribution is -2.54. The molecule has 4 rings (SSSR count). The summed E-state index contributed by atoms with van der Waals surface area (Å²) in [5.41, 5.74) is 0.975. The molecule has 3 heteroatoms. The number of para-hydroxylation sites is 1. The van der Waals surface area contributed by atoms with E-state index in [4.69, 9.17) is 4.74 Å². The van der Waals surface area contributed by atoms with Gasteiger partial charge in [0.05, 0.1) is 5.60 Å². The lowest BCUT2D eigenvalue weighted by molar-refractivity contribution is -0.0985. The van der Waals surface area contributed by atoms with Gasteiger partial charge in [0, 0.05) is 32.0 Å². The van der Waals surface area contributed by atoms with E-state index < -0.39 is 0 Å². The maximum atomic E-state index is 10.8. The van der Waals surface area contributed by atoms with Crippen LogP contribution in [0.5, 0.6) is 5.75 Å². The topological polar surface area (TPSA) is 32.7 Å². The van der Waals surface area contributed by atoms with Crippen LogP contribution >= 0.6 is 0 Å². The standard InChI is InChI=1S/C18H25NO2/c20-18-8-4-3-6-15(18)12-19(10-9-18)13-16-11-14-5-1-2-7-17(14)21-16/h1-2,5,7,15-16,20H,3-4,6,8-13H2. The van der Waals surface area contributed by atoms with Gasteiger partial charge in [-0.25, -0.2) is 0 Å². The minimum Gasteiger partial charge on any atom is -0.488 e. The second-order valence-electron chi connectivity index (χ2n) is 7.11. The molecule has 2 heterocycles. The molecule has 1 N–H and O–H groups in total. The summed E-state index contributed by atoms with van der Waals surface area (Å²) in [6.45, 7) is 3.07. The second kappa shape index (κ2) is 5.29. The van der Waals surface area contributed by atoms with Crippen LogP contribution in [0.15, 0.2) is 24.3 Å². The van der Waals surface area contributed by atoms with Crippen molar-refractivity contribution in [3.8, 4) is 5.75 Å². The maximum Gasteiger partial charge on any atom is 0.123 e. The highest BCUT2D eigenvalue weighted by Crippen LogP contribution is 2.40. The van der Waals surface area contributed by atoms with Crippen molar-refractivity contribution >= 4 is 0 Å². The minimum atomic E-state index is -0.367. The molecule has 1 aliphatic carbocycles. The van der Waals surface area contributed by atoms with Gasteiger partial charge in [0.1, 0.15) is 11.9 Å². The molecule has 0 amide bonds. The van der Waals surface area contributed by atoms with E-state index >= 15 is 0 Å². The summed E-state index contributed by atoms with van der Waals surface area (Å²) in [6, 6.07) is 8.38. The van der Waals surface area contributed by atoms with Gasteiger partial charge in [0.15, 0.2) is 0 Å². The average Bonchev–Trinajstić information content (AvgIpc) is 2.89. The fraction of sp³-hybridized carbons (Fsp3) is 0.667. The van der Waals surface area contributed by atoms with Crippen molar-refractivity contribution in [2.75, 3.05) is 19.6 Å². The Hall–Kier alpha value is -1.06. The first kappa shape index (κ1) is 13.6. The molecule has 0 bridgehead atoms. The molecular weight excluding hydrogens is 262 g/mol. The number of rotatable bonds is 2. The summed E-state index contributed by atoms with van der Waals surface area (Å²) >= 11 is 0. The van der Waals surface area contributed by atoms with Crippen molar-refractivity contribution in [3.05, 3.63) is 29.8 Å². The van der Waals surface area contributed by atoms with E-state index in [2.05, 4.69) is 23.1 Å². The molecule has 2 aliphatic heterocycles. The number of benzene rings is 1. The normalized spacial score (nSPS) is 35.9. The quantitative estimate of drug-likeness (QED) is 0.907. The number of hydrogen-bond donors (Lipinski definition) is 1. The number of nitrogens with zero attached hydrogens (tertiary/aromatic N) is 1. The number of likely N-dealkylation sites (tertiary alicyclic amines) is 1. The molecule has 1 saturated heterocycles. The number of ether oxygens (including phenoxy) is 1. The van der Waals surface area contributed by atoms with Gasteiger partial charge in [0.2, 0.25) is 0 Å². The molecule has 3 atom stereocenters. The van der Waals surface area contributed by atoms with Crippen LogP contribution in [0.1, 0.15) is 37.7 Å². The fourth-order valence-electron chi connectivity index (χ4n) is 4.45. The zero-order valence-corrected chi connectivity index (χ0v) is 12.6. The summed E-state index contributed by atoms with van der Waals surface area (Å²) < 4.78 is 6.07. The first-order chi connectivity index (χ1) is 10.2. The SMILES string of the molecule is OC12CCCCC1CN(CC1Cc3ccccc3O1)CC2. The number of aliphatic hydroxyl groups is 1. The molecule has 3 aliphatic rings. The van der Waals surface area contributed by atoms with E-state index in [0.717, 1.165) is 44.6 Å². The van der Waals surface area contributed by atoms with Crippen LogP contribution in [-0.4, -0.2) is 41.3 Å². The Morgan fingerprint density at radius 1 is 1.24 bits per heavy atom. The monoisotopic (exact) mass is 287 g/mol. The first-order valence-corrected chi connectivity index (χ1v) is 8.42. The summed E-state index contributed by atoms with van der Waals surface area (Å²) in [7, 11) is 0. The van der Waals surface area contributed by atoms with Crippen LogP contribution in [0, 0.1) is 5.92 Å². The van der Waals surface area contributed by atoms with Crippen molar-refractivity contribution in [1.82, 2.24) is 4.90 Å². The summed E-state index contributed by atoms with van der Waals surface area (Å²) in [4.78, 5) is 2.51. The average molecular weight is 287 g/mol. The van der Waals surface area contributed by atoms with Crippen molar-refractivity contribution < 1.29 is 9.84 Å². The molecule has 1 aromatic rings. The Balaban J connectivity index is 1.37. The van der Waals surface area contributed by atoms with Gasteiger partial charge in [-0.1, -0.05) is 31.0 Å². The number of fused-ring (bicyclic) bond motifs is 2. The van der Waals surface area contributed by atoms with Gasteiger partial charge in [-0.15, -0.1) is 0 Å². The lowest BCUT2D eigenvalue weighted by atomic mass is 9.71.